The van der Waals surface area contributed by atoms with Crippen LogP contribution >= 0.6 is 0 Å². The Balaban J connectivity index is 4.70. The van der Waals surface area contributed by atoms with Gasteiger partial charge in [-0.3, -0.25) is 9.59 Å². The Bertz CT molecular complexity index is 1230. The molecule has 67 heavy (non-hydrogen) atoms. The number of nitrogens with one attached hydrogen (secondary N) is 1. The van der Waals surface area contributed by atoms with E-state index in [1.54, 1.807) is 0 Å². The summed E-state index contributed by atoms with van der Waals surface area (Å²) in [6.45, 7) is 6.36. The van der Waals surface area contributed by atoms with E-state index in [1.165, 1.54) is 161 Å². The van der Waals surface area contributed by atoms with Crippen LogP contribution in [0.4, 0.5) is 0 Å². The molecule has 0 spiro atoms. The van der Waals surface area contributed by atoms with E-state index in [0.717, 1.165) is 70.6 Å². The number of ether oxygens (including phenoxy) is 1. The Morgan fingerprint density at radius 1 is 0.448 bits per heavy atom. The number of hydrogen-bond donors (Lipinski definition) is 3. The number of aliphatic hydroxyl groups excluding tert-OH is 2. The number of amides is 1. The van der Waals surface area contributed by atoms with Crippen LogP contribution in [0, 0.1) is 0 Å². The van der Waals surface area contributed by atoms with Crippen molar-refractivity contribution in [2.45, 2.75) is 296 Å². The molecule has 388 valence electrons. The number of esters is 1. The van der Waals surface area contributed by atoms with Crippen molar-refractivity contribution in [1.29, 1.82) is 0 Å². The maximum absolute atomic E-state index is 13.2. The Morgan fingerprint density at radius 3 is 1.13 bits per heavy atom. The number of carbonyl (C=O) groups is 2. The average Bonchev–Trinajstić information content (AvgIpc) is 3.32. The lowest BCUT2D eigenvalue weighted by Crippen LogP contribution is -2.46. The number of hydrogen-bond acceptors (Lipinski definition) is 5. The molecule has 1 amide bonds. The second-order valence-corrected chi connectivity index (χ2v) is 19.3. The van der Waals surface area contributed by atoms with Gasteiger partial charge in [0.05, 0.1) is 25.2 Å². The molecule has 0 saturated heterocycles. The fourth-order valence-electron chi connectivity index (χ4n) is 8.49. The van der Waals surface area contributed by atoms with Gasteiger partial charge in [0.15, 0.2) is 0 Å². The highest BCUT2D eigenvalue weighted by Crippen LogP contribution is 2.17. The topological polar surface area (TPSA) is 95.9 Å². The third-order valence-electron chi connectivity index (χ3n) is 12.8. The molecule has 0 radical (unpaired) electrons. The van der Waals surface area contributed by atoms with Crippen LogP contribution < -0.4 is 5.32 Å². The minimum Gasteiger partial charge on any atom is -0.458 e. The van der Waals surface area contributed by atoms with Gasteiger partial charge in [0.25, 0.3) is 0 Å². The van der Waals surface area contributed by atoms with Crippen molar-refractivity contribution in [3.8, 4) is 0 Å². The van der Waals surface area contributed by atoms with Crippen LogP contribution in [0.15, 0.2) is 72.9 Å². The average molecular weight is 937 g/mol. The van der Waals surface area contributed by atoms with E-state index in [9.17, 15) is 19.8 Å². The standard InChI is InChI=1S/C61H109NO5/c1-4-7-10-13-16-19-22-25-28-30-32-34-37-40-43-46-49-52-57(67-61(66)54-51-48-45-42-39-36-31-27-24-21-18-15-12-9-6-3)55-60(65)62-58(56-63)59(64)53-50-47-44-41-38-35-33-29-26-23-20-17-14-11-8-5-2/h7,10,16,19,25,28,32,34,40,43,49,52,57-59,63-64H,4-6,8-9,11-15,17-18,20-24,26-27,29-31,33,35-39,41-42,44-48,50-51,53-56H2,1-3H3,(H,62,65)/b10-7-,19-16-,28-25-,34-32-,43-40-,52-49-. The summed E-state index contributed by atoms with van der Waals surface area (Å²) in [5.74, 6) is -0.622. The number of allylic oxidation sites excluding steroid dienone is 11. The van der Waals surface area contributed by atoms with Crippen molar-refractivity contribution in [1.82, 2.24) is 5.32 Å². The molecule has 0 heterocycles. The summed E-state index contributed by atoms with van der Waals surface area (Å²) in [6, 6.07) is -0.745. The van der Waals surface area contributed by atoms with Gasteiger partial charge in [0, 0.05) is 6.42 Å². The second kappa shape index (κ2) is 54.2. The van der Waals surface area contributed by atoms with E-state index in [0.29, 0.717) is 19.3 Å². The second-order valence-electron chi connectivity index (χ2n) is 19.3. The smallest absolute Gasteiger partial charge is 0.306 e. The first kappa shape index (κ1) is 64.3. The summed E-state index contributed by atoms with van der Waals surface area (Å²) in [4.78, 5) is 26.2. The zero-order valence-corrected chi connectivity index (χ0v) is 44.3. The number of rotatable bonds is 51. The quantitative estimate of drug-likeness (QED) is 0.0321. The van der Waals surface area contributed by atoms with Crippen LogP contribution in [0.5, 0.6) is 0 Å². The van der Waals surface area contributed by atoms with Gasteiger partial charge in [-0.05, 0) is 57.4 Å². The maximum atomic E-state index is 13.2. The van der Waals surface area contributed by atoms with Gasteiger partial charge < -0.3 is 20.3 Å². The van der Waals surface area contributed by atoms with Gasteiger partial charge in [0.2, 0.25) is 5.91 Å². The lowest BCUT2D eigenvalue weighted by Gasteiger charge is -2.23. The number of unbranched alkanes of at least 4 members (excludes halogenated alkanes) is 29. The highest BCUT2D eigenvalue weighted by Gasteiger charge is 2.23. The Morgan fingerprint density at radius 2 is 0.776 bits per heavy atom. The van der Waals surface area contributed by atoms with Crippen molar-refractivity contribution in [3.63, 3.8) is 0 Å². The van der Waals surface area contributed by atoms with Crippen LogP contribution in [0.3, 0.4) is 0 Å². The van der Waals surface area contributed by atoms with Crippen molar-refractivity contribution >= 4 is 11.9 Å². The Hall–Kier alpha value is -2.70. The van der Waals surface area contributed by atoms with Gasteiger partial charge in [0.1, 0.15) is 6.10 Å². The van der Waals surface area contributed by atoms with Crippen LogP contribution in [0.25, 0.3) is 0 Å². The first-order valence-corrected chi connectivity index (χ1v) is 28.7. The van der Waals surface area contributed by atoms with Gasteiger partial charge >= 0.3 is 5.97 Å². The SMILES string of the molecule is CC/C=C\C/C=C\C/C=C\C/C=C\C/C=C\C/C=C\C(CC(=O)NC(CO)C(O)CCCCCCCCCCCCCCCCCC)OC(=O)CCCCCCCCCCCCCCCCC. The van der Waals surface area contributed by atoms with E-state index in [-0.39, 0.29) is 24.9 Å². The molecule has 6 heteroatoms. The Kier molecular flexibility index (Phi) is 52.1. The molecule has 3 unspecified atom stereocenters. The van der Waals surface area contributed by atoms with E-state index >= 15 is 0 Å². The van der Waals surface area contributed by atoms with E-state index in [2.05, 4.69) is 86.8 Å². The van der Waals surface area contributed by atoms with Crippen molar-refractivity contribution in [2.75, 3.05) is 6.61 Å². The van der Waals surface area contributed by atoms with Crippen LogP contribution in [0.2, 0.25) is 0 Å². The molecule has 0 bridgehead atoms. The van der Waals surface area contributed by atoms with Gasteiger partial charge in [-0.25, -0.2) is 0 Å². The molecule has 0 fully saturated rings. The van der Waals surface area contributed by atoms with Gasteiger partial charge in [-0.15, -0.1) is 0 Å². The summed E-state index contributed by atoms with van der Waals surface area (Å²) in [5.41, 5.74) is 0. The summed E-state index contributed by atoms with van der Waals surface area (Å²) in [5, 5.41) is 23.8. The molecule has 0 aliphatic carbocycles. The van der Waals surface area contributed by atoms with E-state index in [1.807, 2.05) is 12.2 Å². The lowest BCUT2D eigenvalue weighted by atomic mass is 10.0. The molecule has 3 N–H and O–H groups in total. The number of carbonyl (C=O) groups excluding carboxylic acids is 2. The highest BCUT2D eigenvalue weighted by atomic mass is 16.5. The van der Waals surface area contributed by atoms with Crippen molar-refractivity contribution in [3.05, 3.63) is 72.9 Å². The normalized spacial score (nSPS) is 13.7. The monoisotopic (exact) mass is 936 g/mol. The fraction of sp³-hybridized carbons (Fsp3) is 0.770. The zero-order chi connectivity index (χ0) is 48.8. The molecule has 0 saturated carbocycles. The maximum Gasteiger partial charge on any atom is 0.306 e. The minimum absolute atomic E-state index is 0.0466. The first-order valence-electron chi connectivity index (χ1n) is 28.7. The highest BCUT2D eigenvalue weighted by molar-refractivity contribution is 5.78. The van der Waals surface area contributed by atoms with Crippen LogP contribution in [-0.4, -0.2) is 46.9 Å². The van der Waals surface area contributed by atoms with E-state index < -0.39 is 18.2 Å². The predicted molar refractivity (Wildman–Crippen MR) is 291 cm³/mol. The fourth-order valence-corrected chi connectivity index (χ4v) is 8.49. The largest absolute Gasteiger partial charge is 0.458 e. The molecule has 0 aromatic heterocycles. The molecule has 3 atom stereocenters. The first-order chi connectivity index (χ1) is 33.0. The van der Waals surface area contributed by atoms with Crippen LogP contribution in [-0.2, 0) is 14.3 Å². The van der Waals surface area contributed by atoms with Crippen molar-refractivity contribution < 1.29 is 24.5 Å². The number of aliphatic hydroxyl groups is 2. The Labute approximate surface area is 415 Å². The summed E-state index contributed by atoms with van der Waals surface area (Å²) in [7, 11) is 0. The summed E-state index contributed by atoms with van der Waals surface area (Å²) >= 11 is 0. The predicted octanol–water partition coefficient (Wildman–Crippen LogP) is 17.7. The summed E-state index contributed by atoms with van der Waals surface area (Å²) in [6.07, 6.45) is 70.0. The molecule has 0 aliphatic rings. The zero-order valence-electron chi connectivity index (χ0n) is 44.3. The molecule has 0 aromatic carbocycles. The van der Waals surface area contributed by atoms with Gasteiger partial charge in [-0.2, -0.15) is 0 Å². The van der Waals surface area contributed by atoms with Crippen molar-refractivity contribution in [2.24, 2.45) is 0 Å². The van der Waals surface area contributed by atoms with Crippen LogP contribution in [0.1, 0.15) is 278 Å². The third kappa shape index (κ3) is 49.5. The summed E-state index contributed by atoms with van der Waals surface area (Å²) < 4.78 is 5.85. The third-order valence-corrected chi connectivity index (χ3v) is 12.8. The van der Waals surface area contributed by atoms with Gasteiger partial charge in [-0.1, -0.05) is 280 Å². The molecular weight excluding hydrogens is 827 g/mol. The molecule has 0 rings (SSSR count). The molecule has 0 aromatic rings. The molecule has 0 aliphatic heterocycles. The van der Waals surface area contributed by atoms with E-state index in [4.69, 9.17) is 4.74 Å². The molecule has 6 nitrogen and oxygen atoms in total. The molecular formula is C61H109NO5. The minimum atomic E-state index is -0.822. The lowest BCUT2D eigenvalue weighted by molar-refractivity contribution is -0.148.